The lowest BCUT2D eigenvalue weighted by Gasteiger charge is -2.26. The van der Waals surface area contributed by atoms with Gasteiger partial charge in [-0.05, 0) is 78.1 Å². The highest BCUT2D eigenvalue weighted by Crippen LogP contribution is 2.54. The Labute approximate surface area is 294 Å². The Morgan fingerprint density at radius 2 is 1.18 bits per heavy atom. The number of rotatable bonds is 7. The maximum atomic E-state index is 10.9. The quantitative estimate of drug-likeness (QED) is 0.0736. The molecule has 0 spiro atoms. The Morgan fingerprint density at radius 1 is 0.569 bits per heavy atom. The van der Waals surface area contributed by atoms with Crippen molar-refractivity contribution < 1.29 is 25.5 Å². The van der Waals surface area contributed by atoms with Crippen molar-refractivity contribution in [2.45, 2.75) is 12.8 Å². The summed E-state index contributed by atoms with van der Waals surface area (Å²) >= 11 is 0. The topological polar surface area (TPSA) is 121 Å². The first-order valence-electron chi connectivity index (χ1n) is 16.7. The van der Waals surface area contributed by atoms with Crippen LogP contribution in [0.1, 0.15) is 12.8 Å². The van der Waals surface area contributed by atoms with E-state index in [1.165, 1.54) is 5.70 Å². The third-order valence-electron chi connectivity index (χ3n) is 9.68. The molecule has 0 aliphatic heterocycles. The summed E-state index contributed by atoms with van der Waals surface area (Å²) in [5, 5.41) is 58.1. The summed E-state index contributed by atoms with van der Waals surface area (Å²) in [6.07, 6.45) is 6.13. The molecule has 1 aromatic heterocycles. The second-order valence-electron chi connectivity index (χ2n) is 12.6. The van der Waals surface area contributed by atoms with Crippen LogP contribution in [0.25, 0.3) is 49.7 Å². The van der Waals surface area contributed by atoms with Gasteiger partial charge in [-0.3, -0.25) is 0 Å². The lowest BCUT2D eigenvalue weighted by molar-refractivity contribution is 0.327. The molecule has 1 aliphatic carbocycles. The number of phenols is 5. The smallest absolute Gasteiger partial charge is 0.208 e. The van der Waals surface area contributed by atoms with Gasteiger partial charge < -0.3 is 40.3 Å². The van der Waals surface area contributed by atoms with Crippen molar-refractivity contribution in [1.82, 2.24) is 4.57 Å². The lowest BCUT2D eigenvalue weighted by Crippen LogP contribution is -2.18. The van der Waals surface area contributed by atoms with E-state index >= 15 is 0 Å². The largest absolute Gasteiger partial charge is 0.503 e. The van der Waals surface area contributed by atoms with Crippen LogP contribution in [0.5, 0.6) is 28.7 Å². The van der Waals surface area contributed by atoms with Crippen molar-refractivity contribution in [2.75, 3.05) is 17.3 Å². The molecule has 0 saturated heterocycles. The van der Waals surface area contributed by atoms with Crippen LogP contribution < -0.4 is 10.2 Å². The Hall–Kier alpha value is -6.80. The molecule has 1 heterocycles. The molecule has 0 atom stereocenters. The summed E-state index contributed by atoms with van der Waals surface area (Å²) in [5.74, 6) is -4.38. The van der Waals surface area contributed by atoms with Crippen molar-refractivity contribution in [3.63, 3.8) is 0 Å². The SMILES string of the molecule is CN(C1=CC=C(Nc2ccccc2-c2cccc(-c3cccc4c3c3ccccc3n4-c3c(O)c(O)c(O)c(O)c3O)c2)CC1)c1ccccc1. The number of para-hydroxylation sites is 3. The van der Waals surface area contributed by atoms with Crippen molar-refractivity contribution in [3.05, 3.63) is 145 Å². The molecule has 0 unspecified atom stereocenters. The van der Waals surface area contributed by atoms with Gasteiger partial charge in [-0.1, -0.05) is 84.9 Å². The summed E-state index contributed by atoms with van der Waals surface area (Å²) in [4.78, 5) is 2.23. The molecule has 7 aromatic rings. The van der Waals surface area contributed by atoms with E-state index in [0.29, 0.717) is 11.0 Å². The Kier molecular flexibility index (Phi) is 7.76. The third-order valence-corrected chi connectivity index (χ3v) is 9.68. The second kappa shape index (κ2) is 12.6. The minimum Gasteiger partial charge on any atom is -0.503 e. The minimum absolute atomic E-state index is 0.245. The van der Waals surface area contributed by atoms with Crippen LogP contribution in [0, 0.1) is 0 Å². The Morgan fingerprint density at radius 3 is 1.92 bits per heavy atom. The number of benzene rings is 6. The predicted octanol–water partition coefficient (Wildman–Crippen LogP) is 9.76. The highest BCUT2D eigenvalue weighted by atomic mass is 16.4. The van der Waals surface area contributed by atoms with E-state index < -0.39 is 28.7 Å². The van der Waals surface area contributed by atoms with Gasteiger partial charge in [0.2, 0.25) is 17.2 Å². The van der Waals surface area contributed by atoms with E-state index in [4.69, 9.17) is 0 Å². The van der Waals surface area contributed by atoms with Gasteiger partial charge in [0.1, 0.15) is 5.69 Å². The summed E-state index contributed by atoms with van der Waals surface area (Å²) in [6, 6.07) is 40.2. The van der Waals surface area contributed by atoms with Crippen molar-refractivity contribution >= 4 is 33.2 Å². The molecule has 252 valence electrons. The average Bonchev–Trinajstić information content (AvgIpc) is 3.51. The van der Waals surface area contributed by atoms with Gasteiger partial charge in [0, 0.05) is 46.2 Å². The predicted molar refractivity (Wildman–Crippen MR) is 204 cm³/mol. The van der Waals surface area contributed by atoms with Crippen molar-refractivity contribution in [1.29, 1.82) is 0 Å². The fraction of sp³-hybridized carbons (Fsp3) is 0.0698. The number of fused-ring (bicyclic) bond motifs is 3. The Bertz CT molecular complexity index is 2500. The molecule has 51 heavy (non-hydrogen) atoms. The molecule has 8 nitrogen and oxygen atoms in total. The van der Waals surface area contributed by atoms with E-state index in [1.54, 1.807) is 4.57 Å². The maximum Gasteiger partial charge on any atom is 0.208 e. The zero-order valence-corrected chi connectivity index (χ0v) is 27.7. The van der Waals surface area contributed by atoms with Crippen LogP contribution in [0.15, 0.2) is 145 Å². The second-order valence-corrected chi connectivity index (χ2v) is 12.6. The van der Waals surface area contributed by atoms with E-state index in [0.717, 1.165) is 62.9 Å². The number of hydrogen-bond acceptors (Lipinski definition) is 7. The molecule has 8 rings (SSSR count). The molecule has 0 radical (unpaired) electrons. The molecular weight excluding hydrogens is 638 g/mol. The highest BCUT2D eigenvalue weighted by molar-refractivity contribution is 6.16. The lowest BCUT2D eigenvalue weighted by atomic mass is 9.95. The Balaban J connectivity index is 1.19. The first kappa shape index (κ1) is 31.5. The number of nitrogens with one attached hydrogen (secondary N) is 1. The number of allylic oxidation sites excluding steroid dienone is 4. The van der Waals surface area contributed by atoms with Crippen LogP contribution in [0.3, 0.4) is 0 Å². The molecule has 6 aromatic carbocycles. The average molecular weight is 674 g/mol. The molecule has 0 saturated carbocycles. The van der Waals surface area contributed by atoms with Crippen molar-refractivity contribution in [3.8, 4) is 56.7 Å². The van der Waals surface area contributed by atoms with Crippen LogP contribution in [-0.4, -0.2) is 37.1 Å². The van der Waals surface area contributed by atoms with Crippen LogP contribution in [0.2, 0.25) is 0 Å². The summed E-state index contributed by atoms with van der Waals surface area (Å²) in [5.41, 5.74) is 9.49. The zero-order valence-electron chi connectivity index (χ0n) is 27.7. The summed E-state index contributed by atoms with van der Waals surface area (Å²) in [6.45, 7) is 0. The van der Waals surface area contributed by atoms with E-state index in [1.807, 2.05) is 72.8 Å². The standard InChI is InChI=1S/C43H35N3O5/c1-45(29-13-3-2-4-14-29)30-23-21-28(22-24-30)44-34-18-7-5-15-31(34)26-11-9-12-27(25-26)32-17-10-20-36-37(32)33-16-6-8-19-35(33)46(36)38-39(47)41(49)43(51)42(50)40(38)48/h2-21,23,25,44,47-51H,22,24H2,1H3. The van der Waals surface area contributed by atoms with Crippen LogP contribution in [-0.2, 0) is 0 Å². The number of aromatic hydroxyl groups is 5. The van der Waals surface area contributed by atoms with Crippen LogP contribution in [0.4, 0.5) is 11.4 Å². The fourth-order valence-electron chi connectivity index (χ4n) is 7.08. The van der Waals surface area contributed by atoms with Crippen LogP contribution >= 0.6 is 0 Å². The van der Waals surface area contributed by atoms with E-state index in [-0.39, 0.29) is 5.69 Å². The number of anilines is 2. The monoisotopic (exact) mass is 673 g/mol. The van der Waals surface area contributed by atoms with Gasteiger partial charge in [-0.2, -0.15) is 0 Å². The molecule has 6 N–H and O–H groups in total. The summed E-state index contributed by atoms with van der Waals surface area (Å²) in [7, 11) is 2.10. The van der Waals surface area contributed by atoms with Gasteiger partial charge >= 0.3 is 0 Å². The number of aromatic nitrogens is 1. The van der Waals surface area contributed by atoms with E-state index in [2.05, 4.69) is 77.9 Å². The first-order valence-corrected chi connectivity index (χ1v) is 16.7. The maximum absolute atomic E-state index is 10.9. The van der Waals surface area contributed by atoms with Gasteiger partial charge in [0.25, 0.3) is 0 Å². The number of nitrogens with zero attached hydrogens (tertiary/aromatic N) is 2. The molecule has 0 bridgehead atoms. The molecule has 8 heteroatoms. The molecule has 0 fully saturated rings. The van der Waals surface area contributed by atoms with Gasteiger partial charge in [-0.25, -0.2) is 0 Å². The van der Waals surface area contributed by atoms with Gasteiger partial charge in [0.15, 0.2) is 11.5 Å². The molecule has 0 amide bonds. The number of phenolic OH excluding ortho intramolecular Hbond substituents is 5. The minimum atomic E-state index is -1.00. The number of hydrogen-bond donors (Lipinski definition) is 6. The normalized spacial score (nSPS) is 12.9. The molecule has 1 aliphatic rings. The highest BCUT2D eigenvalue weighted by Gasteiger charge is 2.27. The third kappa shape index (κ3) is 5.34. The van der Waals surface area contributed by atoms with E-state index in [9.17, 15) is 25.5 Å². The first-order chi connectivity index (χ1) is 24.8. The van der Waals surface area contributed by atoms with Gasteiger partial charge in [-0.15, -0.1) is 0 Å². The molecular formula is C43H35N3O5. The van der Waals surface area contributed by atoms with Crippen molar-refractivity contribution in [2.24, 2.45) is 0 Å². The fourth-order valence-corrected chi connectivity index (χ4v) is 7.08. The van der Waals surface area contributed by atoms with Gasteiger partial charge in [0.05, 0.1) is 11.0 Å². The zero-order chi connectivity index (χ0) is 35.2. The summed E-state index contributed by atoms with van der Waals surface area (Å²) < 4.78 is 1.58.